The minimum Gasteiger partial charge on any atom is -0.480 e. The number of hydrogen-bond donors (Lipinski definition) is 9. The zero-order valence-electron chi connectivity index (χ0n) is 22.0. The number of benzene rings is 2. The van der Waals surface area contributed by atoms with E-state index in [-0.39, 0.29) is 24.3 Å². The number of aromatic nitrogens is 2. The van der Waals surface area contributed by atoms with Crippen LogP contribution in [0.5, 0.6) is 0 Å². The standard InChI is InChI=1S/C28H32N6O5S2/c29-19(13-40)25(35)32-22(9-15-11-30-20-7-3-1-5-17(15)20)26(36)34-24(14-41)27(37)33-23(28(38)39)10-16-12-31-21-8-4-2-6-18(16)21/h1-8,11-12,19,22-24,30-31,40-41H,9-10,13-14,29H2,(H,32,35)(H,33,37)(H,34,36)(H,38,39). The number of fused-ring (bicyclic) bond motifs is 2. The van der Waals surface area contributed by atoms with Gasteiger partial charge in [0.1, 0.15) is 18.1 Å². The van der Waals surface area contributed by atoms with Crippen LogP contribution in [0.1, 0.15) is 11.1 Å². The first-order chi connectivity index (χ1) is 19.7. The molecular formula is C28H32N6O5S2. The van der Waals surface area contributed by atoms with Crippen LogP contribution in [0.3, 0.4) is 0 Å². The van der Waals surface area contributed by atoms with E-state index in [1.54, 1.807) is 12.4 Å². The van der Waals surface area contributed by atoms with E-state index in [1.165, 1.54) is 0 Å². The number of thiol groups is 2. The van der Waals surface area contributed by atoms with Crippen LogP contribution in [-0.4, -0.2) is 74.4 Å². The van der Waals surface area contributed by atoms with Crippen molar-refractivity contribution in [1.82, 2.24) is 25.9 Å². The summed E-state index contributed by atoms with van der Waals surface area (Å²) in [5.41, 5.74) is 9.03. The maximum atomic E-state index is 13.4. The van der Waals surface area contributed by atoms with Crippen molar-refractivity contribution in [2.75, 3.05) is 11.5 Å². The lowest BCUT2D eigenvalue weighted by Gasteiger charge is -2.24. The van der Waals surface area contributed by atoms with Crippen molar-refractivity contribution in [3.63, 3.8) is 0 Å². The summed E-state index contributed by atoms with van der Waals surface area (Å²) in [6, 6.07) is 10.5. The number of hydrogen-bond acceptors (Lipinski definition) is 7. The third-order valence-corrected chi connectivity index (χ3v) is 7.55. The minimum atomic E-state index is -1.25. The third kappa shape index (κ3) is 7.23. The number of H-pyrrole nitrogens is 2. The first-order valence-corrected chi connectivity index (χ1v) is 14.2. The molecule has 4 aromatic rings. The summed E-state index contributed by atoms with van der Waals surface area (Å²) < 4.78 is 0. The highest BCUT2D eigenvalue weighted by Crippen LogP contribution is 2.20. The van der Waals surface area contributed by atoms with Crippen LogP contribution in [0.2, 0.25) is 0 Å². The van der Waals surface area contributed by atoms with Gasteiger partial charge in [-0.1, -0.05) is 36.4 Å². The molecular weight excluding hydrogens is 564 g/mol. The van der Waals surface area contributed by atoms with Gasteiger partial charge in [-0.25, -0.2) is 4.79 Å². The van der Waals surface area contributed by atoms with Gasteiger partial charge in [-0.05, 0) is 23.3 Å². The number of nitrogens with one attached hydrogen (secondary N) is 5. The van der Waals surface area contributed by atoms with E-state index in [0.717, 1.165) is 32.9 Å². The van der Waals surface area contributed by atoms with E-state index in [4.69, 9.17) is 5.73 Å². The maximum absolute atomic E-state index is 13.4. The minimum absolute atomic E-state index is 0.0270. The highest BCUT2D eigenvalue weighted by molar-refractivity contribution is 7.80. The van der Waals surface area contributed by atoms with Gasteiger partial charge in [0.25, 0.3) is 0 Å². The van der Waals surface area contributed by atoms with Crippen LogP contribution in [-0.2, 0) is 32.0 Å². The first-order valence-electron chi connectivity index (χ1n) is 12.9. The van der Waals surface area contributed by atoms with Gasteiger partial charge in [-0.2, -0.15) is 25.3 Å². The summed E-state index contributed by atoms with van der Waals surface area (Å²) in [4.78, 5) is 57.4. The molecule has 4 rings (SSSR count). The van der Waals surface area contributed by atoms with Crippen LogP contribution in [0.4, 0.5) is 0 Å². The Morgan fingerprint density at radius 3 is 1.68 bits per heavy atom. The molecule has 3 amide bonds. The number of rotatable bonds is 13. The molecule has 2 aromatic carbocycles. The van der Waals surface area contributed by atoms with Crippen molar-refractivity contribution in [3.8, 4) is 0 Å². The zero-order chi connectivity index (χ0) is 29.5. The second-order valence-electron chi connectivity index (χ2n) is 9.62. The van der Waals surface area contributed by atoms with Crippen molar-refractivity contribution in [1.29, 1.82) is 0 Å². The Bertz CT molecular complexity index is 1550. The van der Waals surface area contributed by atoms with Crippen LogP contribution < -0.4 is 21.7 Å². The fourth-order valence-electron chi connectivity index (χ4n) is 4.55. The first kappa shape index (κ1) is 30.0. The summed E-state index contributed by atoms with van der Waals surface area (Å²) in [5.74, 6) is -3.20. The molecule has 13 heteroatoms. The molecule has 0 aliphatic rings. The van der Waals surface area contributed by atoms with E-state index >= 15 is 0 Å². The van der Waals surface area contributed by atoms with Gasteiger partial charge in [0, 0.05) is 58.5 Å². The van der Waals surface area contributed by atoms with Gasteiger partial charge in [-0.3, -0.25) is 14.4 Å². The second kappa shape index (κ2) is 13.6. The molecule has 0 aliphatic heterocycles. The Morgan fingerprint density at radius 1 is 0.707 bits per heavy atom. The summed E-state index contributed by atoms with van der Waals surface area (Å²) in [6.45, 7) is 0. The van der Waals surface area contributed by atoms with Crippen molar-refractivity contribution in [3.05, 3.63) is 72.1 Å². The van der Waals surface area contributed by atoms with Crippen LogP contribution >= 0.6 is 25.3 Å². The molecule has 4 atom stereocenters. The SMILES string of the molecule is NC(CS)C(=O)NC(Cc1c[nH]c2ccccc12)C(=O)NC(CS)C(=O)NC(Cc1c[nH]c2ccccc12)C(=O)O. The highest BCUT2D eigenvalue weighted by atomic mass is 32.1. The maximum Gasteiger partial charge on any atom is 0.326 e. The van der Waals surface area contributed by atoms with Gasteiger partial charge in [0.2, 0.25) is 17.7 Å². The van der Waals surface area contributed by atoms with Crippen molar-refractivity contribution >= 4 is 70.8 Å². The third-order valence-electron chi connectivity index (χ3n) is 6.79. The number of carbonyl (C=O) groups excluding carboxylic acids is 3. The molecule has 0 saturated carbocycles. The number of carboxylic acid groups (broad SMARTS) is 1. The summed E-state index contributed by atoms with van der Waals surface area (Å²) in [7, 11) is 0. The number of carboxylic acids is 1. The van der Waals surface area contributed by atoms with Gasteiger partial charge in [0.15, 0.2) is 0 Å². The number of aromatic amines is 2. The molecule has 0 radical (unpaired) electrons. The van der Waals surface area contributed by atoms with E-state index in [0.29, 0.717) is 0 Å². The van der Waals surface area contributed by atoms with E-state index in [2.05, 4.69) is 51.2 Å². The fourth-order valence-corrected chi connectivity index (χ4v) is 4.97. The normalized spacial score (nSPS) is 14.2. The van der Waals surface area contributed by atoms with Gasteiger partial charge in [-0.15, -0.1) is 0 Å². The largest absolute Gasteiger partial charge is 0.480 e. The molecule has 11 nitrogen and oxygen atoms in total. The Kier molecular flexibility index (Phi) is 9.97. The lowest BCUT2D eigenvalue weighted by atomic mass is 10.0. The van der Waals surface area contributed by atoms with E-state index in [1.807, 2.05) is 48.5 Å². The molecule has 41 heavy (non-hydrogen) atoms. The lowest BCUT2D eigenvalue weighted by molar-refractivity contribution is -0.142. The van der Waals surface area contributed by atoms with Crippen molar-refractivity contribution < 1.29 is 24.3 Å². The summed E-state index contributed by atoms with van der Waals surface area (Å²) >= 11 is 8.27. The van der Waals surface area contributed by atoms with Crippen molar-refractivity contribution in [2.24, 2.45) is 5.73 Å². The van der Waals surface area contributed by atoms with E-state index < -0.39 is 47.9 Å². The van der Waals surface area contributed by atoms with Gasteiger partial charge in [0.05, 0.1) is 6.04 Å². The Morgan fingerprint density at radius 2 is 1.17 bits per heavy atom. The molecule has 2 heterocycles. The summed E-state index contributed by atoms with van der Waals surface area (Å²) in [5, 5.41) is 19.3. The molecule has 0 aliphatic carbocycles. The van der Waals surface area contributed by atoms with Crippen LogP contribution in [0.15, 0.2) is 60.9 Å². The molecule has 0 spiro atoms. The van der Waals surface area contributed by atoms with Crippen LogP contribution in [0.25, 0.3) is 21.8 Å². The van der Waals surface area contributed by atoms with Gasteiger partial charge < -0.3 is 36.8 Å². The lowest BCUT2D eigenvalue weighted by Crippen LogP contribution is -2.58. The quantitative estimate of drug-likeness (QED) is 0.104. The fraction of sp³-hybridized carbons (Fsp3) is 0.286. The average Bonchev–Trinajstić information content (AvgIpc) is 3.58. The number of aliphatic carboxylic acids is 1. The van der Waals surface area contributed by atoms with Crippen LogP contribution in [0, 0.1) is 0 Å². The predicted octanol–water partition coefficient (Wildman–Crippen LogP) is 1.16. The van der Waals surface area contributed by atoms with Crippen molar-refractivity contribution in [2.45, 2.75) is 37.0 Å². The molecule has 0 fully saturated rings. The zero-order valence-corrected chi connectivity index (χ0v) is 23.8. The number of para-hydroxylation sites is 2. The Hall–Kier alpha value is -3.94. The molecule has 2 aromatic heterocycles. The number of amides is 3. The smallest absolute Gasteiger partial charge is 0.326 e. The molecule has 0 saturated heterocycles. The number of carbonyl (C=O) groups is 4. The van der Waals surface area contributed by atoms with Gasteiger partial charge >= 0.3 is 5.97 Å². The summed E-state index contributed by atoms with van der Waals surface area (Å²) in [6.07, 6.45) is 3.60. The Labute approximate surface area is 246 Å². The number of nitrogens with two attached hydrogens (primary N) is 1. The topological polar surface area (TPSA) is 182 Å². The molecule has 216 valence electrons. The highest BCUT2D eigenvalue weighted by Gasteiger charge is 2.30. The monoisotopic (exact) mass is 596 g/mol. The molecule has 0 bridgehead atoms. The molecule has 4 unspecified atom stereocenters. The predicted molar refractivity (Wildman–Crippen MR) is 163 cm³/mol. The molecule has 8 N–H and O–H groups in total. The van der Waals surface area contributed by atoms with E-state index in [9.17, 15) is 24.3 Å². The Balaban J connectivity index is 1.48. The second-order valence-corrected chi connectivity index (χ2v) is 10.4. The average molecular weight is 597 g/mol.